The molecule has 2 heterocycles. The predicted molar refractivity (Wildman–Crippen MR) is 88.3 cm³/mol. The van der Waals surface area contributed by atoms with Crippen LogP contribution in [0, 0.1) is 11.2 Å². The van der Waals surface area contributed by atoms with Gasteiger partial charge in [0.15, 0.2) is 0 Å². The Morgan fingerprint density at radius 3 is 2.57 bits per heavy atom. The van der Waals surface area contributed by atoms with Crippen molar-refractivity contribution in [2.45, 2.75) is 19.3 Å². The lowest BCUT2D eigenvalue weighted by atomic mass is 9.78. The van der Waals surface area contributed by atoms with Gasteiger partial charge in [-0.3, -0.25) is 4.90 Å². The van der Waals surface area contributed by atoms with Gasteiger partial charge in [-0.1, -0.05) is 24.3 Å². The summed E-state index contributed by atoms with van der Waals surface area (Å²) in [7, 11) is 0. The van der Waals surface area contributed by atoms with Crippen LogP contribution in [0.15, 0.2) is 30.3 Å². The van der Waals surface area contributed by atoms with E-state index in [4.69, 9.17) is 0 Å². The highest BCUT2D eigenvalue weighted by Crippen LogP contribution is 2.38. The van der Waals surface area contributed by atoms with Gasteiger partial charge in [-0.25, -0.2) is 4.39 Å². The molecule has 0 bridgehead atoms. The zero-order chi connectivity index (χ0) is 13.8. The number of piperidine rings is 1. The monoisotopic (exact) mass is 310 g/mol. The van der Waals surface area contributed by atoms with Crippen LogP contribution < -0.4 is 5.32 Å². The van der Waals surface area contributed by atoms with Gasteiger partial charge >= 0.3 is 0 Å². The van der Waals surface area contributed by atoms with Crippen molar-refractivity contribution < 1.29 is 4.39 Å². The van der Waals surface area contributed by atoms with Gasteiger partial charge < -0.3 is 5.32 Å². The van der Waals surface area contributed by atoms with Crippen molar-refractivity contribution in [2.75, 3.05) is 32.7 Å². The minimum atomic E-state index is -0.172. The fraction of sp³-hybridized carbons (Fsp3) is 0.529. The molecule has 2 nitrogen and oxygen atoms in total. The molecule has 1 spiro atoms. The maximum atomic E-state index is 12.8. The highest BCUT2D eigenvalue weighted by atomic mass is 35.5. The molecule has 0 aromatic heterocycles. The molecule has 1 N–H and O–H groups in total. The highest BCUT2D eigenvalue weighted by Gasteiger charge is 2.38. The molecule has 4 heteroatoms. The first-order valence-electron chi connectivity index (χ1n) is 7.61. The van der Waals surface area contributed by atoms with Crippen LogP contribution in [0.2, 0.25) is 0 Å². The van der Waals surface area contributed by atoms with Crippen molar-refractivity contribution in [1.82, 2.24) is 10.2 Å². The molecule has 0 atom stereocenters. The van der Waals surface area contributed by atoms with Gasteiger partial charge in [0.1, 0.15) is 5.82 Å². The molecule has 2 saturated heterocycles. The number of nitrogens with one attached hydrogen (secondary N) is 1. The summed E-state index contributed by atoms with van der Waals surface area (Å²) < 4.78 is 12.8. The Morgan fingerprint density at radius 1 is 1.14 bits per heavy atom. The van der Waals surface area contributed by atoms with E-state index in [1.54, 1.807) is 0 Å². The van der Waals surface area contributed by atoms with E-state index in [1.165, 1.54) is 57.6 Å². The standard InChI is InChI=1S/C17H23FN2.ClH/c18-16-5-3-15(4-6-16)2-1-12-20-13-9-17(14-20)7-10-19-11-8-17;/h1-6,19H,7-14H2;1H/b2-1+;. The van der Waals surface area contributed by atoms with E-state index in [0.29, 0.717) is 5.41 Å². The van der Waals surface area contributed by atoms with Gasteiger partial charge in [0, 0.05) is 13.1 Å². The Labute approximate surface area is 132 Å². The van der Waals surface area contributed by atoms with Crippen molar-refractivity contribution in [3.05, 3.63) is 41.7 Å². The largest absolute Gasteiger partial charge is 0.317 e. The lowest BCUT2D eigenvalue weighted by Gasteiger charge is -2.33. The number of halogens is 2. The number of nitrogens with zero attached hydrogens (tertiary/aromatic N) is 1. The van der Waals surface area contributed by atoms with Crippen LogP contribution in [0.5, 0.6) is 0 Å². The van der Waals surface area contributed by atoms with Crippen LogP contribution in [0.4, 0.5) is 4.39 Å². The summed E-state index contributed by atoms with van der Waals surface area (Å²) in [6.07, 6.45) is 8.29. The Morgan fingerprint density at radius 2 is 1.86 bits per heavy atom. The average molecular weight is 311 g/mol. The minimum Gasteiger partial charge on any atom is -0.317 e. The van der Waals surface area contributed by atoms with Crippen LogP contribution in [0.3, 0.4) is 0 Å². The van der Waals surface area contributed by atoms with Crippen molar-refractivity contribution >= 4 is 18.5 Å². The Kier molecular flexibility index (Phi) is 5.80. The molecule has 1 aromatic carbocycles. The van der Waals surface area contributed by atoms with Gasteiger partial charge in [0.2, 0.25) is 0 Å². The quantitative estimate of drug-likeness (QED) is 0.921. The first kappa shape index (κ1) is 16.5. The predicted octanol–water partition coefficient (Wildman–Crippen LogP) is 3.34. The minimum absolute atomic E-state index is 0. The molecule has 3 rings (SSSR count). The van der Waals surface area contributed by atoms with Crippen LogP contribution in [-0.2, 0) is 0 Å². The Hall–Kier alpha value is -0.900. The second-order valence-corrected chi connectivity index (χ2v) is 6.19. The lowest BCUT2D eigenvalue weighted by Crippen LogP contribution is -2.38. The molecule has 116 valence electrons. The maximum absolute atomic E-state index is 12.8. The summed E-state index contributed by atoms with van der Waals surface area (Å²) in [5, 5.41) is 3.46. The SMILES string of the molecule is Cl.Fc1ccc(/C=C/CN2CCC3(CCNCC3)C2)cc1. The second kappa shape index (κ2) is 7.39. The molecule has 0 radical (unpaired) electrons. The molecule has 0 unspecified atom stereocenters. The number of likely N-dealkylation sites (tertiary alicyclic amines) is 1. The Balaban J connectivity index is 0.00000161. The summed E-state index contributed by atoms with van der Waals surface area (Å²) in [4.78, 5) is 2.55. The molecule has 0 saturated carbocycles. The zero-order valence-electron chi connectivity index (χ0n) is 12.4. The number of benzene rings is 1. The van der Waals surface area contributed by atoms with Crippen molar-refractivity contribution in [1.29, 1.82) is 0 Å². The van der Waals surface area contributed by atoms with Gasteiger partial charge in [-0.2, -0.15) is 0 Å². The molecular formula is C17H24ClFN2. The van der Waals surface area contributed by atoms with Crippen LogP contribution >= 0.6 is 12.4 Å². The van der Waals surface area contributed by atoms with E-state index in [9.17, 15) is 4.39 Å². The molecule has 0 amide bonds. The second-order valence-electron chi connectivity index (χ2n) is 6.19. The molecule has 2 aliphatic rings. The van der Waals surface area contributed by atoms with E-state index in [-0.39, 0.29) is 18.2 Å². The highest BCUT2D eigenvalue weighted by molar-refractivity contribution is 5.85. The van der Waals surface area contributed by atoms with Gasteiger partial charge in [-0.05, 0) is 62.0 Å². The third-order valence-electron chi connectivity index (χ3n) is 4.73. The van der Waals surface area contributed by atoms with Gasteiger partial charge in [0.05, 0.1) is 0 Å². The summed E-state index contributed by atoms with van der Waals surface area (Å²) in [5.41, 5.74) is 1.65. The molecule has 0 aliphatic carbocycles. The zero-order valence-corrected chi connectivity index (χ0v) is 13.2. The van der Waals surface area contributed by atoms with Crippen molar-refractivity contribution in [2.24, 2.45) is 5.41 Å². The van der Waals surface area contributed by atoms with Crippen molar-refractivity contribution in [3.8, 4) is 0 Å². The smallest absolute Gasteiger partial charge is 0.123 e. The number of rotatable bonds is 3. The first-order valence-corrected chi connectivity index (χ1v) is 7.61. The fourth-order valence-electron chi connectivity index (χ4n) is 3.46. The third kappa shape index (κ3) is 4.29. The third-order valence-corrected chi connectivity index (χ3v) is 4.73. The normalized spacial score (nSPS) is 21.8. The maximum Gasteiger partial charge on any atom is 0.123 e. The summed E-state index contributed by atoms with van der Waals surface area (Å²) in [6.45, 7) is 5.82. The van der Waals surface area contributed by atoms with E-state index in [2.05, 4.69) is 22.4 Å². The van der Waals surface area contributed by atoms with Crippen LogP contribution in [-0.4, -0.2) is 37.6 Å². The fourth-order valence-corrected chi connectivity index (χ4v) is 3.46. The van der Waals surface area contributed by atoms with E-state index >= 15 is 0 Å². The number of hydrogen-bond donors (Lipinski definition) is 1. The lowest BCUT2D eigenvalue weighted by molar-refractivity contribution is 0.202. The van der Waals surface area contributed by atoms with Gasteiger partial charge in [0.25, 0.3) is 0 Å². The summed E-state index contributed by atoms with van der Waals surface area (Å²) in [6, 6.07) is 6.67. The molecule has 1 aromatic rings. The van der Waals surface area contributed by atoms with Crippen LogP contribution in [0.25, 0.3) is 6.08 Å². The van der Waals surface area contributed by atoms with Gasteiger partial charge in [-0.15, -0.1) is 12.4 Å². The van der Waals surface area contributed by atoms with E-state index in [1.807, 2.05) is 12.1 Å². The molecule has 2 fully saturated rings. The van der Waals surface area contributed by atoms with Crippen molar-refractivity contribution in [3.63, 3.8) is 0 Å². The summed E-state index contributed by atoms with van der Waals surface area (Å²) >= 11 is 0. The number of hydrogen-bond acceptors (Lipinski definition) is 2. The Bertz CT molecular complexity index is 466. The summed E-state index contributed by atoms with van der Waals surface area (Å²) in [5.74, 6) is -0.172. The first-order chi connectivity index (χ1) is 9.76. The molecule has 21 heavy (non-hydrogen) atoms. The van der Waals surface area contributed by atoms with Crippen LogP contribution in [0.1, 0.15) is 24.8 Å². The molecule has 2 aliphatic heterocycles. The topological polar surface area (TPSA) is 15.3 Å². The average Bonchev–Trinajstić information content (AvgIpc) is 2.85. The molecular weight excluding hydrogens is 287 g/mol. The van der Waals surface area contributed by atoms with E-state index in [0.717, 1.165) is 12.1 Å². The van der Waals surface area contributed by atoms with E-state index < -0.39 is 0 Å².